The van der Waals surface area contributed by atoms with Gasteiger partial charge in [0.05, 0.1) is 20.1 Å². The molecular formula is C17H19NO4S. The van der Waals surface area contributed by atoms with Crippen molar-refractivity contribution < 1.29 is 19.4 Å². The van der Waals surface area contributed by atoms with Gasteiger partial charge >= 0.3 is 5.97 Å². The van der Waals surface area contributed by atoms with Crippen LogP contribution in [0.3, 0.4) is 0 Å². The van der Waals surface area contributed by atoms with E-state index in [1.54, 1.807) is 18.2 Å². The molecule has 0 aromatic heterocycles. The SMILES string of the molecule is COC(=O)C(CSc1ccccc1N)c1ccc(OC)cc1O. The van der Waals surface area contributed by atoms with Crippen LogP contribution < -0.4 is 10.5 Å². The summed E-state index contributed by atoms with van der Waals surface area (Å²) in [5.74, 6) is -0.0833. The molecule has 2 aromatic carbocycles. The Bertz CT molecular complexity index is 690. The number of benzene rings is 2. The zero-order chi connectivity index (χ0) is 16.8. The van der Waals surface area contributed by atoms with Crippen molar-refractivity contribution in [1.29, 1.82) is 0 Å². The average molecular weight is 333 g/mol. The van der Waals surface area contributed by atoms with Crippen molar-refractivity contribution in [2.45, 2.75) is 10.8 Å². The lowest BCUT2D eigenvalue weighted by Gasteiger charge is -2.17. The highest BCUT2D eigenvalue weighted by molar-refractivity contribution is 7.99. The summed E-state index contributed by atoms with van der Waals surface area (Å²) in [5, 5.41) is 10.2. The van der Waals surface area contributed by atoms with Crippen LogP contribution in [0.15, 0.2) is 47.4 Å². The standard InChI is InChI=1S/C17H19NO4S/c1-21-11-7-8-12(15(19)9-11)13(17(20)22-2)10-23-16-6-4-3-5-14(16)18/h3-9,13,19H,10,18H2,1-2H3. The Labute approximate surface area is 139 Å². The van der Waals surface area contributed by atoms with E-state index in [2.05, 4.69) is 0 Å². The number of anilines is 1. The van der Waals surface area contributed by atoms with Crippen molar-refractivity contribution in [2.24, 2.45) is 0 Å². The smallest absolute Gasteiger partial charge is 0.314 e. The maximum absolute atomic E-state index is 12.1. The molecule has 23 heavy (non-hydrogen) atoms. The summed E-state index contributed by atoms with van der Waals surface area (Å²) in [6, 6.07) is 12.3. The molecule has 2 rings (SSSR count). The minimum Gasteiger partial charge on any atom is -0.508 e. The quantitative estimate of drug-likeness (QED) is 0.480. The summed E-state index contributed by atoms with van der Waals surface area (Å²) in [4.78, 5) is 13.0. The molecule has 0 radical (unpaired) electrons. The normalized spacial score (nSPS) is 11.7. The molecule has 0 amide bonds. The number of aromatic hydroxyl groups is 1. The molecule has 0 aliphatic carbocycles. The molecule has 0 heterocycles. The van der Waals surface area contributed by atoms with Crippen molar-refractivity contribution in [3.63, 3.8) is 0 Å². The van der Waals surface area contributed by atoms with Crippen LogP contribution in [-0.2, 0) is 9.53 Å². The van der Waals surface area contributed by atoms with Crippen LogP contribution in [-0.4, -0.2) is 31.0 Å². The molecule has 1 unspecified atom stereocenters. The summed E-state index contributed by atoms with van der Waals surface area (Å²) < 4.78 is 9.93. The zero-order valence-corrected chi connectivity index (χ0v) is 13.8. The number of rotatable bonds is 6. The molecule has 0 saturated carbocycles. The van der Waals surface area contributed by atoms with Crippen molar-refractivity contribution in [3.05, 3.63) is 48.0 Å². The number of phenolic OH excluding ortho intramolecular Hbond substituents is 1. The van der Waals surface area contributed by atoms with Crippen molar-refractivity contribution in [2.75, 3.05) is 25.7 Å². The van der Waals surface area contributed by atoms with Gasteiger partial charge < -0.3 is 20.3 Å². The number of thioether (sulfide) groups is 1. The summed E-state index contributed by atoms with van der Waals surface area (Å²) >= 11 is 1.44. The maximum Gasteiger partial charge on any atom is 0.314 e. The molecule has 5 nitrogen and oxygen atoms in total. The van der Waals surface area contributed by atoms with E-state index in [0.29, 0.717) is 22.8 Å². The van der Waals surface area contributed by atoms with Crippen LogP contribution in [0.4, 0.5) is 5.69 Å². The van der Waals surface area contributed by atoms with Gasteiger partial charge in [-0.15, -0.1) is 11.8 Å². The van der Waals surface area contributed by atoms with E-state index in [0.717, 1.165) is 4.90 Å². The minimum atomic E-state index is -0.601. The fourth-order valence-electron chi connectivity index (χ4n) is 2.16. The van der Waals surface area contributed by atoms with Crippen molar-refractivity contribution in [1.82, 2.24) is 0 Å². The Morgan fingerprint density at radius 2 is 2.00 bits per heavy atom. The number of hydrogen-bond donors (Lipinski definition) is 2. The Morgan fingerprint density at radius 1 is 1.26 bits per heavy atom. The lowest BCUT2D eigenvalue weighted by atomic mass is 10.00. The van der Waals surface area contributed by atoms with Gasteiger partial charge in [0.1, 0.15) is 11.5 Å². The molecule has 2 aromatic rings. The van der Waals surface area contributed by atoms with E-state index in [4.69, 9.17) is 15.2 Å². The van der Waals surface area contributed by atoms with E-state index in [-0.39, 0.29) is 5.75 Å². The maximum atomic E-state index is 12.1. The predicted molar refractivity (Wildman–Crippen MR) is 91.0 cm³/mol. The molecule has 3 N–H and O–H groups in total. The number of phenols is 1. The highest BCUT2D eigenvalue weighted by Crippen LogP contribution is 2.35. The lowest BCUT2D eigenvalue weighted by molar-refractivity contribution is -0.141. The van der Waals surface area contributed by atoms with E-state index in [1.807, 2.05) is 18.2 Å². The Morgan fingerprint density at radius 3 is 2.61 bits per heavy atom. The van der Waals surface area contributed by atoms with Gasteiger partial charge in [0.15, 0.2) is 0 Å². The van der Waals surface area contributed by atoms with Crippen molar-refractivity contribution in [3.8, 4) is 11.5 Å². The number of carbonyl (C=O) groups is 1. The number of methoxy groups -OCH3 is 2. The van der Waals surface area contributed by atoms with Crippen LogP contribution in [0, 0.1) is 0 Å². The van der Waals surface area contributed by atoms with Gasteiger partial charge in [-0.2, -0.15) is 0 Å². The summed E-state index contributed by atoms with van der Waals surface area (Å²) in [6.45, 7) is 0. The average Bonchev–Trinajstić information content (AvgIpc) is 2.57. The first-order valence-electron chi connectivity index (χ1n) is 6.98. The van der Waals surface area contributed by atoms with Crippen LogP contribution in [0.1, 0.15) is 11.5 Å². The number of nitrogens with two attached hydrogens (primary N) is 1. The first-order chi connectivity index (χ1) is 11.1. The molecule has 0 aliphatic heterocycles. The molecule has 0 spiro atoms. The number of carbonyl (C=O) groups excluding carboxylic acids is 1. The first-order valence-corrected chi connectivity index (χ1v) is 7.97. The van der Waals surface area contributed by atoms with Crippen molar-refractivity contribution >= 4 is 23.4 Å². The van der Waals surface area contributed by atoms with Crippen LogP contribution >= 0.6 is 11.8 Å². The zero-order valence-electron chi connectivity index (χ0n) is 13.0. The van der Waals surface area contributed by atoms with Gasteiger partial charge in [-0.05, 0) is 18.2 Å². The Kier molecular flexibility index (Phi) is 5.76. The summed E-state index contributed by atoms with van der Waals surface area (Å²) in [5.41, 5.74) is 7.07. The second-order valence-corrected chi connectivity index (χ2v) is 5.91. The molecule has 6 heteroatoms. The van der Waals surface area contributed by atoms with Gasteiger partial charge in [0, 0.05) is 28.0 Å². The van der Waals surface area contributed by atoms with E-state index in [1.165, 1.54) is 32.0 Å². The number of nitrogen functional groups attached to an aromatic ring is 1. The topological polar surface area (TPSA) is 81.8 Å². The number of esters is 1. The van der Waals surface area contributed by atoms with Gasteiger partial charge in [-0.25, -0.2) is 0 Å². The molecular weight excluding hydrogens is 314 g/mol. The third-order valence-electron chi connectivity index (χ3n) is 3.42. The predicted octanol–water partition coefficient (Wildman–Crippen LogP) is 3.03. The molecule has 0 saturated heterocycles. The van der Waals surface area contributed by atoms with Gasteiger partial charge in [0.2, 0.25) is 0 Å². The molecule has 1 atom stereocenters. The second kappa shape index (κ2) is 7.78. The molecule has 0 bridgehead atoms. The van der Waals surface area contributed by atoms with Crippen LogP contribution in [0.5, 0.6) is 11.5 Å². The Hall–Kier alpha value is -2.34. The number of hydrogen-bond acceptors (Lipinski definition) is 6. The fraction of sp³-hybridized carbons (Fsp3) is 0.235. The summed E-state index contributed by atoms with van der Waals surface area (Å²) in [6.07, 6.45) is 0. The third kappa shape index (κ3) is 4.10. The van der Waals surface area contributed by atoms with Gasteiger partial charge in [0.25, 0.3) is 0 Å². The molecule has 0 fully saturated rings. The first kappa shape index (κ1) is 17.0. The Balaban J connectivity index is 2.24. The van der Waals surface area contributed by atoms with Gasteiger partial charge in [-0.3, -0.25) is 4.79 Å². The van der Waals surface area contributed by atoms with E-state index >= 15 is 0 Å². The summed E-state index contributed by atoms with van der Waals surface area (Å²) in [7, 11) is 2.84. The van der Waals surface area contributed by atoms with E-state index < -0.39 is 11.9 Å². The largest absolute Gasteiger partial charge is 0.508 e. The lowest BCUT2D eigenvalue weighted by Crippen LogP contribution is -2.17. The fourth-order valence-corrected chi connectivity index (χ4v) is 3.23. The third-order valence-corrected chi connectivity index (χ3v) is 4.61. The highest BCUT2D eigenvalue weighted by atomic mass is 32.2. The molecule has 0 aliphatic rings. The van der Waals surface area contributed by atoms with Gasteiger partial charge in [-0.1, -0.05) is 18.2 Å². The monoisotopic (exact) mass is 333 g/mol. The highest BCUT2D eigenvalue weighted by Gasteiger charge is 2.25. The second-order valence-electron chi connectivity index (χ2n) is 4.85. The number of para-hydroxylation sites is 1. The van der Waals surface area contributed by atoms with Crippen LogP contribution in [0.25, 0.3) is 0 Å². The molecule has 122 valence electrons. The minimum absolute atomic E-state index is 0.00128. The van der Waals surface area contributed by atoms with E-state index in [9.17, 15) is 9.90 Å². The van der Waals surface area contributed by atoms with Crippen LogP contribution in [0.2, 0.25) is 0 Å². The number of ether oxygens (including phenoxy) is 2.